The van der Waals surface area contributed by atoms with E-state index in [0.29, 0.717) is 0 Å². The van der Waals surface area contributed by atoms with E-state index in [0.717, 1.165) is 32.1 Å². The summed E-state index contributed by atoms with van der Waals surface area (Å²) in [4.78, 5) is 22.5. The minimum atomic E-state index is -1.08. The Kier molecular flexibility index (Phi) is 17.5. The Hall–Kier alpha value is -1.10. The highest BCUT2D eigenvalue weighted by Crippen LogP contribution is 2.16. The normalized spacial score (nSPS) is 13.3. The van der Waals surface area contributed by atoms with Crippen molar-refractivity contribution in [3.63, 3.8) is 0 Å². The molecule has 5 heteroatoms. The maximum absolute atomic E-state index is 11.9. The number of carbonyl (C=O) groups is 2. The molecule has 1 unspecified atom stereocenters. The summed E-state index contributed by atoms with van der Waals surface area (Å²) in [5.41, 5.74) is 5.58. The second-order valence-corrected chi connectivity index (χ2v) is 7.73. The third kappa shape index (κ3) is 16.8. The molecule has 0 aromatic carbocycles. The topological polar surface area (TPSA) is 89.6 Å². The highest BCUT2D eigenvalue weighted by Gasteiger charge is 2.22. The summed E-state index contributed by atoms with van der Waals surface area (Å²) in [6, 6.07) is -1.07. The largest absolute Gasteiger partial charge is 0.481 e. The second-order valence-electron chi connectivity index (χ2n) is 7.73. The monoisotopic (exact) mass is 385 g/mol. The summed E-state index contributed by atoms with van der Waals surface area (Å²) in [5.74, 6) is -1.66. The third-order valence-corrected chi connectivity index (χ3v) is 4.97. The van der Waals surface area contributed by atoms with Gasteiger partial charge in [-0.05, 0) is 19.3 Å². The molecule has 3 N–H and O–H groups in total. The Morgan fingerprint density at radius 2 is 1.26 bits per heavy atom. The zero-order valence-electron chi connectivity index (χ0n) is 17.7. The van der Waals surface area contributed by atoms with Gasteiger partial charge in [-0.2, -0.15) is 0 Å². The molecule has 0 aromatic rings. The van der Waals surface area contributed by atoms with Crippen LogP contribution in [-0.2, 0) is 14.3 Å². The summed E-state index contributed by atoms with van der Waals surface area (Å²) in [7, 11) is 0. The zero-order chi connectivity index (χ0) is 20.3. The van der Waals surface area contributed by atoms with Crippen LogP contribution in [0.25, 0.3) is 0 Å². The van der Waals surface area contributed by atoms with Crippen LogP contribution in [0.5, 0.6) is 0 Å². The molecule has 2 atom stereocenters. The lowest BCUT2D eigenvalue weighted by Gasteiger charge is -2.19. The summed E-state index contributed by atoms with van der Waals surface area (Å²) < 4.78 is 5.43. The van der Waals surface area contributed by atoms with Crippen molar-refractivity contribution in [1.29, 1.82) is 0 Å². The van der Waals surface area contributed by atoms with Crippen LogP contribution >= 0.6 is 0 Å². The van der Waals surface area contributed by atoms with Gasteiger partial charge in [0, 0.05) is 0 Å². The van der Waals surface area contributed by atoms with Crippen LogP contribution in [0, 0.1) is 0 Å². The average Bonchev–Trinajstić information content (AvgIpc) is 2.62. The quantitative estimate of drug-likeness (QED) is 0.223. The molecule has 160 valence electrons. The Labute approximate surface area is 166 Å². The van der Waals surface area contributed by atoms with Gasteiger partial charge < -0.3 is 15.6 Å². The molecule has 0 amide bonds. The summed E-state index contributed by atoms with van der Waals surface area (Å²) in [6.07, 6.45) is 17.7. The lowest BCUT2D eigenvalue weighted by Crippen LogP contribution is -2.36. The number of hydrogen-bond donors (Lipinski definition) is 2. The SMILES string of the molecule is CCCCCCCCCCCCCCC(CCC)OC(=O)[C@@H](N)CC(=O)O. The highest BCUT2D eigenvalue weighted by atomic mass is 16.5. The molecule has 0 saturated carbocycles. The lowest BCUT2D eigenvalue weighted by atomic mass is 10.0. The van der Waals surface area contributed by atoms with Crippen molar-refractivity contribution in [2.75, 3.05) is 0 Å². The maximum Gasteiger partial charge on any atom is 0.323 e. The van der Waals surface area contributed by atoms with Crippen LogP contribution < -0.4 is 5.73 Å². The van der Waals surface area contributed by atoms with Crippen molar-refractivity contribution in [2.24, 2.45) is 5.73 Å². The molecule has 0 spiro atoms. The van der Waals surface area contributed by atoms with Gasteiger partial charge in [-0.15, -0.1) is 0 Å². The summed E-state index contributed by atoms with van der Waals surface area (Å²) in [5, 5.41) is 8.71. The number of hydrogen-bond acceptors (Lipinski definition) is 4. The Morgan fingerprint density at radius 1 is 0.778 bits per heavy atom. The number of ether oxygens (including phenoxy) is 1. The number of carboxylic acids is 1. The van der Waals surface area contributed by atoms with Crippen LogP contribution in [0.1, 0.15) is 117 Å². The Morgan fingerprint density at radius 3 is 1.70 bits per heavy atom. The van der Waals surface area contributed by atoms with Crippen molar-refractivity contribution in [2.45, 2.75) is 129 Å². The minimum absolute atomic E-state index is 0.134. The first-order valence-corrected chi connectivity index (χ1v) is 11.2. The standard InChI is InChI=1S/C22H43NO4/c1-3-5-6-7-8-9-10-11-12-13-14-15-17-19(16-4-2)27-22(26)20(23)18-21(24)25/h19-20H,3-18,23H2,1-2H3,(H,24,25)/t19?,20-/m0/s1. The molecule has 0 radical (unpaired) electrons. The molecular weight excluding hydrogens is 342 g/mol. The van der Waals surface area contributed by atoms with Gasteiger partial charge >= 0.3 is 11.9 Å². The fraction of sp³-hybridized carbons (Fsp3) is 0.909. The molecule has 0 aliphatic heterocycles. The van der Waals surface area contributed by atoms with Gasteiger partial charge in [0.25, 0.3) is 0 Å². The molecule has 0 aliphatic rings. The van der Waals surface area contributed by atoms with E-state index < -0.39 is 18.0 Å². The molecule has 0 saturated heterocycles. The van der Waals surface area contributed by atoms with E-state index in [4.69, 9.17) is 15.6 Å². The number of rotatable bonds is 19. The van der Waals surface area contributed by atoms with Gasteiger partial charge in [-0.3, -0.25) is 9.59 Å². The predicted octanol–water partition coefficient (Wildman–Crippen LogP) is 5.59. The number of carbonyl (C=O) groups excluding carboxylic acids is 1. The molecule has 27 heavy (non-hydrogen) atoms. The number of aliphatic carboxylic acids is 1. The van der Waals surface area contributed by atoms with E-state index in [-0.39, 0.29) is 12.5 Å². The third-order valence-electron chi connectivity index (χ3n) is 4.97. The molecule has 5 nitrogen and oxygen atoms in total. The molecular formula is C22H43NO4. The first-order chi connectivity index (χ1) is 13.0. The van der Waals surface area contributed by atoms with Crippen molar-refractivity contribution in [1.82, 2.24) is 0 Å². The van der Waals surface area contributed by atoms with Crippen molar-refractivity contribution in [3.8, 4) is 0 Å². The Bertz CT molecular complexity index is 373. The number of esters is 1. The van der Waals surface area contributed by atoms with Crippen LogP contribution in [0.4, 0.5) is 0 Å². The lowest BCUT2D eigenvalue weighted by molar-refractivity contribution is -0.154. The van der Waals surface area contributed by atoms with Crippen molar-refractivity contribution in [3.05, 3.63) is 0 Å². The average molecular weight is 386 g/mol. The van der Waals surface area contributed by atoms with Gasteiger partial charge in [0.05, 0.1) is 6.42 Å². The fourth-order valence-electron chi connectivity index (χ4n) is 3.32. The van der Waals surface area contributed by atoms with Gasteiger partial charge in [0.15, 0.2) is 0 Å². The van der Waals surface area contributed by atoms with Crippen LogP contribution in [0.15, 0.2) is 0 Å². The van der Waals surface area contributed by atoms with E-state index in [1.807, 2.05) is 0 Å². The summed E-state index contributed by atoms with van der Waals surface area (Å²) >= 11 is 0. The van der Waals surface area contributed by atoms with Gasteiger partial charge in [-0.25, -0.2) is 0 Å². The summed E-state index contributed by atoms with van der Waals surface area (Å²) in [6.45, 7) is 4.31. The highest BCUT2D eigenvalue weighted by molar-refractivity contribution is 5.81. The number of nitrogens with two attached hydrogens (primary N) is 1. The molecule has 0 aromatic heterocycles. The smallest absolute Gasteiger partial charge is 0.323 e. The van der Waals surface area contributed by atoms with Gasteiger partial charge in [0.2, 0.25) is 0 Å². The second kappa shape index (κ2) is 18.3. The van der Waals surface area contributed by atoms with Gasteiger partial charge in [0.1, 0.15) is 12.1 Å². The van der Waals surface area contributed by atoms with E-state index in [1.54, 1.807) is 0 Å². The molecule has 0 rings (SSSR count). The van der Waals surface area contributed by atoms with Crippen LogP contribution in [0.2, 0.25) is 0 Å². The van der Waals surface area contributed by atoms with E-state index in [2.05, 4.69) is 13.8 Å². The predicted molar refractivity (Wildman–Crippen MR) is 111 cm³/mol. The van der Waals surface area contributed by atoms with Gasteiger partial charge in [-0.1, -0.05) is 90.9 Å². The zero-order valence-corrected chi connectivity index (χ0v) is 17.7. The van der Waals surface area contributed by atoms with Crippen LogP contribution in [-0.4, -0.2) is 29.2 Å². The Balaban J connectivity index is 3.70. The number of unbranched alkanes of at least 4 members (excludes halogenated alkanes) is 11. The van der Waals surface area contributed by atoms with E-state index in [9.17, 15) is 9.59 Å². The van der Waals surface area contributed by atoms with Crippen molar-refractivity contribution < 1.29 is 19.4 Å². The first kappa shape index (κ1) is 25.9. The van der Waals surface area contributed by atoms with Crippen molar-refractivity contribution >= 4 is 11.9 Å². The molecule has 0 heterocycles. The van der Waals surface area contributed by atoms with Crippen LogP contribution in [0.3, 0.4) is 0 Å². The van der Waals surface area contributed by atoms with E-state index in [1.165, 1.54) is 64.2 Å². The minimum Gasteiger partial charge on any atom is -0.481 e. The van der Waals surface area contributed by atoms with E-state index >= 15 is 0 Å². The fourth-order valence-corrected chi connectivity index (χ4v) is 3.32. The maximum atomic E-state index is 11.9. The molecule has 0 bridgehead atoms. The first-order valence-electron chi connectivity index (χ1n) is 11.2. The molecule has 0 fully saturated rings. The molecule has 0 aliphatic carbocycles. The number of carboxylic acid groups (broad SMARTS) is 1.